The molecule has 1 aliphatic rings. The number of likely N-dealkylation sites (N-methyl/N-ethyl adjacent to an activating group) is 1. The molecular formula is C23H23FN3NaO6. The van der Waals surface area contributed by atoms with Gasteiger partial charge >= 0.3 is 41.6 Å². The van der Waals surface area contributed by atoms with Crippen molar-refractivity contribution < 1.29 is 33.4 Å². The average molecular weight is 479 g/mol. The summed E-state index contributed by atoms with van der Waals surface area (Å²) < 4.78 is 19.9. The van der Waals surface area contributed by atoms with Crippen molar-refractivity contribution in [2.45, 2.75) is 18.5 Å². The molecule has 0 aliphatic carbocycles. The van der Waals surface area contributed by atoms with Crippen molar-refractivity contribution in [2.24, 2.45) is 0 Å². The summed E-state index contributed by atoms with van der Waals surface area (Å²) in [7, 11) is 2.93. The van der Waals surface area contributed by atoms with E-state index in [1.807, 2.05) is 0 Å². The third-order valence-electron chi connectivity index (χ3n) is 5.08. The molecule has 0 radical (unpaired) electrons. The van der Waals surface area contributed by atoms with Crippen LogP contribution in [0.25, 0.3) is 11.1 Å². The van der Waals surface area contributed by atoms with E-state index in [1.54, 1.807) is 24.3 Å². The van der Waals surface area contributed by atoms with Crippen molar-refractivity contribution in [1.29, 1.82) is 0 Å². The Morgan fingerprint density at radius 1 is 1.18 bits per heavy atom. The van der Waals surface area contributed by atoms with Crippen LogP contribution in [0.4, 0.5) is 9.18 Å². The van der Waals surface area contributed by atoms with Gasteiger partial charge in [-0.05, 0) is 35.4 Å². The first-order valence-corrected chi connectivity index (χ1v) is 9.91. The Hall–Kier alpha value is -3.21. The first kappa shape index (κ1) is 27.0. The molecule has 9 nitrogen and oxygen atoms in total. The second-order valence-electron chi connectivity index (χ2n) is 7.34. The Morgan fingerprint density at radius 2 is 1.88 bits per heavy atom. The van der Waals surface area contributed by atoms with E-state index in [-0.39, 0.29) is 35.1 Å². The number of ketones is 1. The van der Waals surface area contributed by atoms with Crippen LogP contribution >= 0.6 is 0 Å². The molecule has 2 unspecified atom stereocenters. The Bertz CT molecular complexity index is 1140. The summed E-state index contributed by atoms with van der Waals surface area (Å²) in [5.41, 5.74) is 1.21. The van der Waals surface area contributed by atoms with E-state index in [1.165, 1.54) is 38.6 Å². The van der Waals surface area contributed by atoms with Gasteiger partial charge in [-0.2, -0.15) is 0 Å². The van der Waals surface area contributed by atoms with Crippen LogP contribution in [0.2, 0.25) is 0 Å². The van der Waals surface area contributed by atoms with Gasteiger partial charge in [-0.3, -0.25) is 14.4 Å². The van der Waals surface area contributed by atoms with Gasteiger partial charge in [0, 0.05) is 24.9 Å². The molecule has 0 fully saturated rings. The number of nitrogens with one attached hydrogen (secondary N) is 2. The number of carbonyl (C=O) groups excluding carboxylic acids is 3. The molecule has 1 aliphatic heterocycles. The number of nitrogens with zero attached hydrogens (tertiary/aromatic N) is 1. The van der Waals surface area contributed by atoms with Crippen molar-refractivity contribution in [2.75, 3.05) is 14.2 Å². The molecule has 0 saturated carbocycles. The van der Waals surface area contributed by atoms with Gasteiger partial charge in [0.15, 0.2) is 11.8 Å². The summed E-state index contributed by atoms with van der Waals surface area (Å²) in [5.74, 6) is -2.70. The van der Waals surface area contributed by atoms with E-state index in [2.05, 4.69) is 10.6 Å². The topological polar surface area (TPSA) is 125 Å². The van der Waals surface area contributed by atoms with Gasteiger partial charge in [-0.25, -0.2) is 9.18 Å². The monoisotopic (exact) mass is 479 g/mol. The summed E-state index contributed by atoms with van der Waals surface area (Å²) >= 11 is 0. The zero-order valence-corrected chi connectivity index (χ0v) is 17.9. The normalized spacial score (nSPS) is 15.9. The molecule has 174 valence electrons. The summed E-state index contributed by atoms with van der Waals surface area (Å²) in [5, 5.41) is 13.9. The number of halogens is 1. The number of carboxylic acids is 1. The minimum absolute atomic E-state index is 0. The number of aliphatic carboxylic acids is 1. The number of benzene rings is 2. The molecule has 11 heteroatoms. The zero-order valence-electron chi connectivity index (χ0n) is 17.9. The molecule has 0 bridgehead atoms. The summed E-state index contributed by atoms with van der Waals surface area (Å²) in [6, 6.07) is 7.42. The quantitative estimate of drug-likeness (QED) is 0.409. The van der Waals surface area contributed by atoms with E-state index in [0.29, 0.717) is 16.9 Å². The fourth-order valence-electron chi connectivity index (χ4n) is 3.35. The van der Waals surface area contributed by atoms with Crippen LogP contribution in [0.3, 0.4) is 0 Å². The average Bonchev–Trinajstić information content (AvgIpc) is 2.79. The maximum atomic E-state index is 14.7. The predicted molar refractivity (Wildman–Crippen MR) is 123 cm³/mol. The van der Waals surface area contributed by atoms with Gasteiger partial charge in [-0.1, -0.05) is 18.2 Å². The second-order valence-corrected chi connectivity index (χ2v) is 7.34. The fraction of sp³-hybridized carbons (Fsp3) is 0.217. The van der Waals surface area contributed by atoms with Crippen LogP contribution < -0.4 is 15.4 Å². The zero-order chi connectivity index (χ0) is 24.1. The van der Waals surface area contributed by atoms with Crippen LogP contribution in [-0.4, -0.2) is 83.5 Å². The van der Waals surface area contributed by atoms with Crippen LogP contribution in [0.15, 0.2) is 54.7 Å². The Balaban J connectivity index is 0.00000408. The molecule has 1 heterocycles. The fourth-order valence-corrected chi connectivity index (χ4v) is 3.35. The van der Waals surface area contributed by atoms with Crippen LogP contribution in [0.5, 0.6) is 5.75 Å². The molecule has 0 aromatic heterocycles. The van der Waals surface area contributed by atoms with Gasteiger partial charge in [0.2, 0.25) is 0 Å². The number of hydrogen-bond acceptors (Lipinski definition) is 5. The van der Waals surface area contributed by atoms with Crippen LogP contribution in [-0.2, 0) is 14.4 Å². The second kappa shape index (κ2) is 11.8. The van der Waals surface area contributed by atoms with Crippen molar-refractivity contribution >= 4 is 53.2 Å². The standard InChI is InChI=1S/C23H22FN3O6.Na.H/c1-27-9-8-19(28)21(22(27)31)26-23(32)25-18(12-20(29)30)16-11-14(6-7-17(16)24)13-4-3-5-15(10-13)33-2;;/h3-11,18,21H,12H2,1-2H3,(H,29,30)(H2,25,26,32);;. The predicted octanol–water partition coefficient (Wildman–Crippen LogP) is 1.59. The van der Waals surface area contributed by atoms with Crippen molar-refractivity contribution in [3.05, 3.63) is 66.1 Å². The van der Waals surface area contributed by atoms with Gasteiger partial charge in [0.1, 0.15) is 11.6 Å². The summed E-state index contributed by atoms with van der Waals surface area (Å²) in [4.78, 5) is 49.2. The molecule has 3 amide bonds. The number of carboxylic acid groups (broad SMARTS) is 1. The minimum atomic E-state index is -1.46. The summed E-state index contributed by atoms with van der Waals surface area (Å²) in [6.07, 6.45) is 1.78. The number of hydrogen-bond donors (Lipinski definition) is 3. The number of urea groups is 1. The molecule has 3 rings (SSSR count). The van der Waals surface area contributed by atoms with Crippen LogP contribution in [0.1, 0.15) is 18.0 Å². The van der Waals surface area contributed by atoms with E-state index in [0.717, 1.165) is 11.0 Å². The van der Waals surface area contributed by atoms with Gasteiger partial charge < -0.3 is 25.4 Å². The first-order valence-electron chi connectivity index (χ1n) is 9.91. The number of rotatable bonds is 7. The van der Waals surface area contributed by atoms with Crippen LogP contribution in [0, 0.1) is 5.82 Å². The number of ether oxygens (including phenoxy) is 1. The van der Waals surface area contributed by atoms with E-state index in [9.17, 15) is 28.7 Å². The maximum absolute atomic E-state index is 14.7. The molecule has 3 N–H and O–H groups in total. The Labute approximate surface area is 217 Å². The molecule has 34 heavy (non-hydrogen) atoms. The van der Waals surface area contributed by atoms with Crippen molar-refractivity contribution in [1.82, 2.24) is 15.5 Å². The third kappa shape index (κ3) is 6.43. The van der Waals surface area contributed by atoms with Gasteiger partial charge in [0.25, 0.3) is 5.91 Å². The summed E-state index contributed by atoms with van der Waals surface area (Å²) in [6.45, 7) is 0. The van der Waals surface area contributed by atoms with Crippen molar-refractivity contribution in [3.8, 4) is 16.9 Å². The number of carbonyl (C=O) groups is 4. The Morgan fingerprint density at radius 3 is 2.56 bits per heavy atom. The molecule has 0 saturated heterocycles. The molecule has 2 aromatic carbocycles. The van der Waals surface area contributed by atoms with E-state index >= 15 is 0 Å². The van der Waals surface area contributed by atoms with Gasteiger partial charge in [-0.15, -0.1) is 0 Å². The van der Waals surface area contributed by atoms with E-state index < -0.39 is 48.0 Å². The molecular weight excluding hydrogens is 456 g/mol. The van der Waals surface area contributed by atoms with Gasteiger partial charge in [0.05, 0.1) is 19.6 Å². The third-order valence-corrected chi connectivity index (χ3v) is 5.08. The van der Waals surface area contributed by atoms with E-state index in [4.69, 9.17) is 4.74 Å². The SMILES string of the molecule is COc1cccc(-c2ccc(F)c(C(CC(=O)O)NC(=O)NC3C(=O)C=CN(C)C3=O)c2)c1.[NaH]. The first-order chi connectivity index (χ1) is 15.7. The molecule has 2 aromatic rings. The molecule has 0 spiro atoms. The number of methoxy groups -OCH3 is 1. The molecule has 2 atom stereocenters. The number of amides is 3. The van der Waals surface area contributed by atoms with Crippen molar-refractivity contribution in [3.63, 3.8) is 0 Å². The Kier molecular flexibility index (Phi) is 9.36.